The molecule has 0 saturated heterocycles. The van der Waals surface area contributed by atoms with E-state index in [0.29, 0.717) is 12.0 Å². The number of aryl methyl sites for hydroxylation is 2. The monoisotopic (exact) mass is 261 g/mol. The van der Waals surface area contributed by atoms with Crippen LogP contribution < -0.4 is 10.1 Å². The molecule has 19 heavy (non-hydrogen) atoms. The van der Waals surface area contributed by atoms with Crippen LogP contribution in [0, 0.1) is 19.8 Å². The van der Waals surface area contributed by atoms with Crippen LogP contribution in [0.1, 0.15) is 56.8 Å². The molecule has 2 heteroatoms. The molecule has 1 atom stereocenters. The van der Waals surface area contributed by atoms with Gasteiger partial charge in [0.25, 0.3) is 0 Å². The van der Waals surface area contributed by atoms with Gasteiger partial charge in [-0.25, -0.2) is 0 Å². The van der Waals surface area contributed by atoms with Crippen LogP contribution in [0.5, 0.6) is 5.75 Å². The second kappa shape index (κ2) is 5.16. The first kappa shape index (κ1) is 14.4. The Morgan fingerprint density at radius 1 is 1.26 bits per heavy atom. The van der Waals surface area contributed by atoms with Gasteiger partial charge in [-0.3, -0.25) is 0 Å². The lowest BCUT2D eigenvalue weighted by molar-refractivity contribution is 0.0654. The van der Waals surface area contributed by atoms with Gasteiger partial charge in [0, 0.05) is 18.0 Å². The quantitative estimate of drug-likeness (QED) is 0.882. The Morgan fingerprint density at radius 3 is 2.53 bits per heavy atom. The molecule has 0 aliphatic carbocycles. The summed E-state index contributed by atoms with van der Waals surface area (Å²) in [6.45, 7) is 14.2. The van der Waals surface area contributed by atoms with Gasteiger partial charge in [0.1, 0.15) is 11.4 Å². The van der Waals surface area contributed by atoms with Crippen LogP contribution in [0.15, 0.2) is 12.1 Å². The molecule has 0 saturated carbocycles. The molecule has 0 spiro atoms. The predicted octanol–water partition coefficient (Wildman–Crippen LogP) is 4.15. The van der Waals surface area contributed by atoms with E-state index >= 15 is 0 Å². The van der Waals surface area contributed by atoms with Crippen LogP contribution in [0.4, 0.5) is 0 Å². The summed E-state index contributed by atoms with van der Waals surface area (Å²) in [5.74, 6) is 1.72. The summed E-state index contributed by atoms with van der Waals surface area (Å²) in [5.41, 5.74) is 3.88. The third kappa shape index (κ3) is 3.30. The Hall–Kier alpha value is -1.02. The molecule has 0 amide bonds. The molecule has 0 aromatic heterocycles. The Bertz CT molecular complexity index is 463. The van der Waals surface area contributed by atoms with E-state index in [1.807, 2.05) is 0 Å². The van der Waals surface area contributed by atoms with Crippen LogP contribution in [0.2, 0.25) is 0 Å². The summed E-state index contributed by atoms with van der Waals surface area (Å²) < 4.78 is 6.15. The third-order valence-corrected chi connectivity index (χ3v) is 3.86. The lowest BCUT2D eigenvalue weighted by atomic mass is 9.88. The van der Waals surface area contributed by atoms with Crippen molar-refractivity contribution in [2.75, 3.05) is 6.54 Å². The average molecular weight is 261 g/mol. The Morgan fingerprint density at radius 2 is 1.89 bits per heavy atom. The highest BCUT2D eigenvalue weighted by molar-refractivity contribution is 5.45. The number of fused-ring (bicyclic) bond motifs is 1. The van der Waals surface area contributed by atoms with E-state index in [4.69, 9.17) is 4.74 Å². The molecule has 2 nitrogen and oxygen atoms in total. The lowest BCUT2D eigenvalue weighted by Gasteiger charge is -2.38. The van der Waals surface area contributed by atoms with Crippen molar-refractivity contribution in [3.63, 3.8) is 0 Å². The van der Waals surface area contributed by atoms with Gasteiger partial charge in [0.15, 0.2) is 0 Å². The standard InChI is InChI=1S/C17H27NO/c1-11(2)10-18-15-9-17(5,6)19-16-8-13(4)12(3)7-14(15)16/h7-8,11,15,18H,9-10H2,1-6H3. The van der Waals surface area contributed by atoms with Crippen LogP contribution in [0.25, 0.3) is 0 Å². The molecular formula is C17H27NO. The van der Waals surface area contributed by atoms with E-state index in [2.05, 4.69) is 59.0 Å². The van der Waals surface area contributed by atoms with Crippen LogP contribution in [0.3, 0.4) is 0 Å². The zero-order chi connectivity index (χ0) is 14.2. The molecule has 106 valence electrons. The fourth-order valence-corrected chi connectivity index (χ4v) is 2.67. The van der Waals surface area contributed by atoms with Crippen LogP contribution in [-0.4, -0.2) is 12.1 Å². The summed E-state index contributed by atoms with van der Waals surface area (Å²) in [7, 11) is 0. The topological polar surface area (TPSA) is 21.3 Å². The molecule has 1 heterocycles. The van der Waals surface area contributed by atoms with Crippen molar-refractivity contribution in [2.45, 2.75) is 59.6 Å². The molecule has 1 aliphatic rings. The highest BCUT2D eigenvalue weighted by Gasteiger charge is 2.33. The molecule has 1 unspecified atom stereocenters. The lowest BCUT2D eigenvalue weighted by Crippen LogP contribution is -2.40. The fourth-order valence-electron chi connectivity index (χ4n) is 2.67. The van der Waals surface area contributed by atoms with E-state index in [1.165, 1.54) is 16.7 Å². The van der Waals surface area contributed by atoms with Gasteiger partial charge in [-0.15, -0.1) is 0 Å². The maximum absolute atomic E-state index is 6.15. The van der Waals surface area contributed by atoms with E-state index in [1.54, 1.807) is 0 Å². The second-order valence-corrected chi connectivity index (χ2v) is 6.89. The maximum atomic E-state index is 6.15. The molecule has 1 aromatic carbocycles. The van der Waals surface area contributed by atoms with E-state index in [0.717, 1.165) is 18.7 Å². The predicted molar refractivity (Wildman–Crippen MR) is 80.8 cm³/mol. The van der Waals surface area contributed by atoms with Crippen molar-refractivity contribution in [3.8, 4) is 5.75 Å². The van der Waals surface area contributed by atoms with Crippen molar-refractivity contribution in [1.82, 2.24) is 5.32 Å². The number of ether oxygens (including phenoxy) is 1. The van der Waals surface area contributed by atoms with Crippen molar-refractivity contribution < 1.29 is 4.74 Å². The number of benzene rings is 1. The summed E-state index contributed by atoms with van der Waals surface area (Å²) in [5, 5.41) is 3.70. The van der Waals surface area contributed by atoms with Gasteiger partial charge < -0.3 is 10.1 Å². The number of hydrogen-bond donors (Lipinski definition) is 1. The Kier molecular flexibility index (Phi) is 3.91. The maximum Gasteiger partial charge on any atom is 0.125 e. The third-order valence-electron chi connectivity index (χ3n) is 3.86. The largest absolute Gasteiger partial charge is 0.487 e. The first-order chi connectivity index (χ1) is 8.78. The van der Waals surface area contributed by atoms with Crippen LogP contribution in [-0.2, 0) is 0 Å². The summed E-state index contributed by atoms with van der Waals surface area (Å²) >= 11 is 0. The number of hydrogen-bond acceptors (Lipinski definition) is 2. The first-order valence-electron chi connectivity index (χ1n) is 7.32. The fraction of sp³-hybridized carbons (Fsp3) is 0.647. The van der Waals surface area contributed by atoms with Crippen molar-refractivity contribution in [1.29, 1.82) is 0 Å². The molecule has 0 radical (unpaired) electrons. The molecule has 0 fully saturated rings. The average Bonchev–Trinajstić information content (AvgIpc) is 2.27. The van der Waals surface area contributed by atoms with Crippen molar-refractivity contribution in [3.05, 3.63) is 28.8 Å². The highest BCUT2D eigenvalue weighted by atomic mass is 16.5. The van der Waals surface area contributed by atoms with Gasteiger partial charge in [-0.1, -0.05) is 19.9 Å². The molecule has 2 rings (SSSR count). The van der Waals surface area contributed by atoms with E-state index in [9.17, 15) is 0 Å². The second-order valence-electron chi connectivity index (χ2n) is 6.89. The minimum Gasteiger partial charge on any atom is -0.487 e. The van der Waals surface area contributed by atoms with Gasteiger partial charge in [0.05, 0.1) is 0 Å². The van der Waals surface area contributed by atoms with Gasteiger partial charge >= 0.3 is 0 Å². The number of nitrogens with one attached hydrogen (secondary N) is 1. The van der Waals surface area contributed by atoms with Gasteiger partial charge in [-0.05, 0) is 57.4 Å². The number of rotatable bonds is 3. The highest BCUT2D eigenvalue weighted by Crippen LogP contribution is 2.40. The minimum atomic E-state index is -0.0939. The zero-order valence-corrected chi connectivity index (χ0v) is 13.1. The molecule has 0 bridgehead atoms. The zero-order valence-electron chi connectivity index (χ0n) is 13.1. The summed E-state index contributed by atoms with van der Waals surface area (Å²) in [6, 6.07) is 4.88. The SMILES string of the molecule is Cc1cc2c(cc1C)C(NCC(C)C)CC(C)(C)O2. The van der Waals surface area contributed by atoms with E-state index in [-0.39, 0.29) is 5.60 Å². The van der Waals surface area contributed by atoms with Gasteiger partial charge in [-0.2, -0.15) is 0 Å². The Labute approximate surface area is 117 Å². The molecule has 1 aromatic rings. The normalized spacial score (nSPS) is 21.1. The molecular weight excluding hydrogens is 234 g/mol. The Balaban J connectivity index is 2.33. The minimum absolute atomic E-state index is 0.0939. The first-order valence-corrected chi connectivity index (χ1v) is 7.32. The van der Waals surface area contributed by atoms with Crippen molar-refractivity contribution >= 4 is 0 Å². The molecule has 1 N–H and O–H groups in total. The van der Waals surface area contributed by atoms with Gasteiger partial charge in [0.2, 0.25) is 0 Å². The summed E-state index contributed by atoms with van der Waals surface area (Å²) in [6.07, 6.45) is 1.02. The summed E-state index contributed by atoms with van der Waals surface area (Å²) in [4.78, 5) is 0. The van der Waals surface area contributed by atoms with Crippen LogP contribution >= 0.6 is 0 Å². The smallest absolute Gasteiger partial charge is 0.125 e. The molecule has 1 aliphatic heterocycles. The van der Waals surface area contributed by atoms with Crippen molar-refractivity contribution in [2.24, 2.45) is 5.92 Å². The van der Waals surface area contributed by atoms with E-state index < -0.39 is 0 Å².